The van der Waals surface area contributed by atoms with Gasteiger partial charge in [0.2, 0.25) is 5.76 Å². The first-order valence-electron chi connectivity index (χ1n) is 9.20. The van der Waals surface area contributed by atoms with Gasteiger partial charge in [0.25, 0.3) is 11.8 Å². The van der Waals surface area contributed by atoms with E-state index in [1.165, 1.54) is 12.2 Å². The first-order valence-corrected chi connectivity index (χ1v) is 9.58. The number of benzene rings is 2. The van der Waals surface area contributed by atoms with Crippen molar-refractivity contribution < 1.29 is 14.4 Å². The summed E-state index contributed by atoms with van der Waals surface area (Å²) in [6.45, 7) is 4.35. The fourth-order valence-electron chi connectivity index (χ4n) is 4.27. The third kappa shape index (κ3) is 2.92. The van der Waals surface area contributed by atoms with Crippen LogP contribution < -0.4 is 5.90 Å². The van der Waals surface area contributed by atoms with E-state index in [1.807, 2.05) is 36.4 Å². The Morgan fingerprint density at radius 2 is 1.90 bits per heavy atom. The molecule has 1 fully saturated rings. The molecular weight excluding hydrogens is 390 g/mol. The minimum atomic E-state index is -0.994. The van der Waals surface area contributed by atoms with Gasteiger partial charge in [-0.05, 0) is 35.4 Å². The molecule has 0 aliphatic carbocycles. The van der Waals surface area contributed by atoms with Gasteiger partial charge in [0.15, 0.2) is 0 Å². The number of hydrogen-bond acceptors (Lipinski definition) is 4. The average molecular weight is 410 g/mol. The quantitative estimate of drug-likeness (QED) is 0.364. The lowest BCUT2D eigenvalue weighted by Crippen LogP contribution is -2.58. The van der Waals surface area contributed by atoms with E-state index in [0.29, 0.717) is 30.1 Å². The summed E-state index contributed by atoms with van der Waals surface area (Å²) in [5, 5.41) is 0.577. The molecule has 2 aliphatic heterocycles. The highest BCUT2D eigenvalue weighted by Crippen LogP contribution is 2.45. The van der Waals surface area contributed by atoms with Crippen molar-refractivity contribution in [2.75, 3.05) is 13.1 Å². The van der Waals surface area contributed by atoms with Crippen molar-refractivity contribution in [1.82, 2.24) is 9.80 Å². The van der Waals surface area contributed by atoms with Gasteiger partial charge < -0.3 is 14.6 Å². The highest BCUT2D eigenvalue weighted by Gasteiger charge is 2.56. The Balaban J connectivity index is 1.91. The Morgan fingerprint density at radius 1 is 1.17 bits per heavy atom. The Bertz CT molecular complexity index is 1020. The van der Waals surface area contributed by atoms with Gasteiger partial charge in [0.1, 0.15) is 5.66 Å². The SMILES string of the molecule is C=C/C=C(\ON)C(=O)N1CCN2C(=O)c3ccccc3CC12c1ccc(Cl)cc1. The van der Waals surface area contributed by atoms with Crippen LogP contribution in [0.15, 0.2) is 73.0 Å². The lowest BCUT2D eigenvalue weighted by molar-refractivity contribution is -0.139. The molecule has 0 spiro atoms. The molecule has 2 aromatic rings. The summed E-state index contributed by atoms with van der Waals surface area (Å²) in [6.07, 6.45) is 3.30. The molecule has 2 aliphatic rings. The maximum atomic E-state index is 13.4. The van der Waals surface area contributed by atoms with Gasteiger partial charge in [-0.25, -0.2) is 0 Å². The van der Waals surface area contributed by atoms with Crippen LogP contribution in [0.5, 0.6) is 0 Å². The molecule has 0 saturated carbocycles. The third-order valence-corrected chi connectivity index (χ3v) is 5.78. The normalized spacial score (nSPS) is 20.9. The molecule has 1 unspecified atom stereocenters. The van der Waals surface area contributed by atoms with E-state index in [4.69, 9.17) is 22.3 Å². The van der Waals surface area contributed by atoms with E-state index in [0.717, 1.165) is 11.1 Å². The molecule has 148 valence electrons. The number of halogens is 1. The second-order valence-corrected chi connectivity index (χ2v) is 7.39. The number of amides is 2. The van der Waals surface area contributed by atoms with Gasteiger partial charge in [0.05, 0.1) is 0 Å². The summed E-state index contributed by atoms with van der Waals surface area (Å²) >= 11 is 6.10. The molecule has 0 aromatic heterocycles. The van der Waals surface area contributed by atoms with Crippen molar-refractivity contribution in [3.63, 3.8) is 0 Å². The summed E-state index contributed by atoms with van der Waals surface area (Å²) in [7, 11) is 0. The number of nitrogens with zero attached hydrogens (tertiary/aromatic N) is 2. The minimum Gasteiger partial charge on any atom is -0.406 e. The minimum absolute atomic E-state index is 0.0403. The number of nitrogens with two attached hydrogens (primary N) is 1. The molecule has 2 amide bonds. The van der Waals surface area contributed by atoms with Crippen LogP contribution in [0.3, 0.4) is 0 Å². The zero-order valence-electron chi connectivity index (χ0n) is 15.7. The molecule has 1 saturated heterocycles. The maximum absolute atomic E-state index is 13.4. The predicted octanol–water partition coefficient (Wildman–Crippen LogP) is 2.99. The van der Waals surface area contributed by atoms with Gasteiger partial charge in [-0.1, -0.05) is 54.6 Å². The van der Waals surface area contributed by atoms with Crippen molar-refractivity contribution in [1.29, 1.82) is 0 Å². The van der Waals surface area contributed by atoms with Crippen LogP contribution in [0.1, 0.15) is 21.5 Å². The molecule has 2 aromatic carbocycles. The third-order valence-electron chi connectivity index (χ3n) is 5.53. The Hall–Kier alpha value is -3.09. The largest absolute Gasteiger partial charge is 0.406 e. The molecule has 1 atom stereocenters. The number of fused-ring (bicyclic) bond motifs is 2. The van der Waals surface area contributed by atoms with Crippen LogP contribution in [0.25, 0.3) is 0 Å². The lowest BCUT2D eigenvalue weighted by Gasteiger charge is -2.47. The summed E-state index contributed by atoms with van der Waals surface area (Å²) in [4.78, 5) is 34.9. The molecule has 29 heavy (non-hydrogen) atoms. The number of rotatable bonds is 4. The van der Waals surface area contributed by atoms with E-state index in [-0.39, 0.29) is 11.7 Å². The fraction of sp³-hybridized carbons (Fsp3) is 0.182. The van der Waals surface area contributed by atoms with E-state index in [1.54, 1.807) is 21.9 Å². The Labute approximate surface area is 173 Å². The molecule has 0 bridgehead atoms. The molecule has 2 N–H and O–H groups in total. The van der Waals surface area contributed by atoms with Crippen molar-refractivity contribution in [3.05, 3.63) is 94.7 Å². The Kier molecular flexibility index (Phi) is 4.90. The number of carbonyl (C=O) groups excluding carboxylic acids is 2. The van der Waals surface area contributed by atoms with E-state index >= 15 is 0 Å². The second-order valence-electron chi connectivity index (χ2n) is 6.96. The number of allylic oxidation sites excluding steroid dienone is 2. The maximum Gasteiger partial charge on any atom is 0.293 e. The van der Waals surface area contributed by atoms with Crippen LogP contribution in [0.4, 0.5) is 0 Å². The molecular formula is C22H20ClN3O3. The van der Waals surface area contributed by atoms with Crippen molar-refractivity contribution in [3.8, 4) is 0 Å². The second kappa shape index (κ2) is 7.39. The fourth-order valence-corrected chi connectivity index (χ4v) is 4.40. The summed E-state index contributed by atoms with van der Waals surface area (Å²) in [6, 6.07) is 14.7. The van der Waals surface area contributed by atoms with Gasteiger partial charge in [-0.15, -0.1) is 0 Å². The van der Waals surface area contributed by atoms with Crippen LogP contribution in [0, 0.1) is 0 Å². The monoisotopic (exact) mass is 409 g/mol. The van der Waals surface area contributed by atoms with Crippen LogP contribution in [-0.4, -0.2) is 34.7 Å². The van der Waals surface area contributed by atoms with Gasteiger partial charge in [-0.3, -0.25) is 9.59 Å². The molecule has 4 rings (SSSR count). The number of hydrogen-bond donors (Lipinski definition) is 1. The highest BCUT2D eigenvalue weighted by atomic mass is 35.5. The van der Waals surface area contributed by atoms with Crippen molar-refractivity contribution in [2.24, 2.45) is 5.90 Å². The molecule has 2 heterocycles. The van der Waals surface area contributed by atoms with Crippen LogP contribution in [-0.2, 0) is 21.7 Å². The first-order chi connectivity index (χ1) is 14.0. The molecule has 6 nitrogen and oxygen atoms in total. The van der Waals surface area contributed by atoms with E-state index < -0.39 is 11.6 Å². The standard InChI is InChI=1S/C22H20ClN3O3/c1-2-5-19(29-24)21(28)26-13-12-25-20(27)18-7-4-3-6-15(18)14-22(25,26)16-8-10-17(23)11-9-16/h2-11H,1,12-14,24H2/b19-5-. The van der Waals surface area contributed by atoms with Gasteiger partial charge in [-0.2, -0.15) is 5.90 Å². The topological polar surface area (TPSA) is 75.9 Å². The zero-order chi connectivity index (χ0) is 20.6. The number of carbonyl (C=O) groups is 2. The van der Waals surface area contributed by atoms with Crippen LogP contribution >= 0.6 is 11.6 Å². The van der Waals surface area contributed by atoms with Gasteiger partial charge in [0, 0.05) is 30.1 Å². The summed E-state index contributed by atoms with van der Waals surface area (Å²) in [5.41, 5.74) is 1.34. The van der Waals surface area contributed by atoms with Crippen molar-refractivity contribution >= 4 is 23.4 Å². The molecule has 0 radical (unpaired) electrons. The summed E-state index contributed by atoms with van der Waals surface area (Å²) in [5.74, 6) is 4.78. The van der Waals surface area contributed by atoms with Crippen molar-refractivity contribution in [2.45, 2.75) is 12.1 Å². The zero-order valence-corrected chi connectivity index (χ0v) is 16.4. The van der Waals surface area contributed by atoms with E-state index in [2.05, 4.69) is 6.58 Å². The molecule has 7 heteroatoms. The smallest absolute Gasteiger partial charge is 0.293 e. The van der Waals surface area contributed by atoms with E-state index in [9.17, 15) is 9.59 Å². The van der Waals surface area contributed by atoms with Gasteiger partial charge >= 0.3 is 0 Å². The predicted molar refractivity (Wildman–Crippen MR) is 110 cm³/mol. The lowest BCUT2D eigenvalue weighted by atomic mass is 9.83. The Morgan fingerprint density at radius 3 is 2.59 bits per heavy atom. The average Bonchev–Trinajstić information content (AvgIpc) is 3.12. The van der Waals surface area contributed by atoms with Crippen LogP contribution in [0.2, 0.25) is 5.02 Å². The first kappa shape index (κ1) is 19.2. The highest BCUT2D eigenvalue weighted by molar-refractivity contribution is 6.30. The summed E-state index contributed by atoms with van der Waals surface area (Å²) < 4.78 is 0.